The first-order chi connectivity index (χ1) is 8.68. The average Bonchev–Trinajstić information content (AvgIpc) is 2.89. The summed E-state index contributed by atoms with van der Waals surface area (Å²) in [5.74, 6) is -0.588. The number of carbonyl (C=O) groups excluding carboxylic acids is 1. The van der Waals surface area contributed by atoms with E-state index in [4.69, 9.17) is 5.11 Å². The molecule has 2 aliphatic heterocycles. The lowest BCUT2D eigenvalue weighted by Crippen LogP contribution is -2.50. The van der Waals surface area contributed by atoms with Crippen molar-refractivity contribution in [3.05, 3.63) is 0 Å². The van der Waals surface area contributed by atoms with Gasteiger partial charge in [0.25, 0.3) is 0 Å². The number of piperidine rings is 1. The van der Waals surface area contributed by atoms with Gasteiger partial charge >= 0.3 is 5.97 Å². The van der Waals surface area contributed by atoms with Crippen LogP contribution in [0.4, 0.5) is 0 Å². The first kappa shape index (κ1) is 13.3. The van der Waals surface area contributed by atoms with Crippen molar-refractivity contribution in [2.45, 2.75) is 57.0 Å². The SMILES string of the molecule is O=C(O)CCC1CCCCN1C(=O)C1CCCN1. The van der Waals surface area contributed by atoms with Crippen molar-refractivity contribution in [1.29, 1.82) is 0 Å². The molecule has 0 spiro atoms. The molecule has 102 valence electrons. The second-order valence-electron chi connectivity index (χ2n) is 5.26. The van der Waals surface area contributed by atoms with Crippen molar-refractivity contribution >= 4 is 11.9 Å². The number of amides is 1. The summed E-state index contributed by atoms with van der Waals surface area (Å²) in [6.45, 7) is 1.71. The highest BCUT2D eigenvalue weighted by molar-refractivity contribution is 5.82. The van der Waals surface area contributed by atoms with Gasteiger partial charge in [0.1, 0.15) is 0 Å². The van der Waals surface area contributed by atoms with Gasteiger partial charge in [0.05, 0.1) is 6.04 Å². The van der Waals surface area contributed by atoms with Crippen molar-refractivity contribution in [3.8, 4) is 0 Å². The molecule has 0 bridgehead atoms. The predicted molar refractivity (Wildman–Crippen MR) is 67.2 cm³/mol. The molecule has 0 aliphatic carbocycles. The minimum atomic E-state index is -0.771. The molecule has 2 unspecified atom stereocenters. The Morgan fingerprint density at radius 1 is 1.22 bits per heavy atom. The van der Waals surface area contributed by atoms with E-state index in [9.17, 15) is 9.59 Å². The summed E-state index contributed by atoms with van der Waals surface area (Å²) in [5.41, 5.74) is 0. The van der Waals surface area contributed by atoms with E-state index in [1.54, 1.807) is 0 Å². The van der Waals surface area contributed by atoms with E-state index in [-0.39, 0.29) is 24.4 Å². The van der Waals surface area contributed by atoms with Gasteiger partial charge in [-0.15, -0.1) is 0 Å². The van der Waals surface area contributed by atoms with Crippen molar-refractivity contribution < 1.29 is 14.7 Å². The summed E-state index contributed by atoms with van der Waals surface area (Å²) >= 11 is 0. The van der Waals surface area contributed by atoms with Crippen LogP contribution in [0.3, 0.4) is 0 Å². The molecule has 5 nitrogen and oxygen atoms in total. The summed E-state index contributed by atoms with van der Waals surface area (Å²) in [6, 6.07) is 0.0974. The van der Waals surface area contributed by atoms with E-state index in [0.29, 0.717) is 6.42 Å². The molecule has 2 rings (SSSR count). The van der Waals surface area contributed by atoms with E-state index in [0.717, 1.165) is 45.2 Å². The topological polar surface area (TPSA) is 69.6 Å². The maximum Gasteiger partial charge on any atom is 0.303 e. The van der Waals surface area contributed by atoms with Crippen LogP contribution in [0.15, 0.2) is 0 Å². The monoisotopic (exact) mass is 254 g/mol. The van der Waals surface area contributed by atoms with E-state index in [1.165, 1.54) is 0 Å². The quantitative estimate of drug-likeness (QED) is 0.785. The largest absolute Gasteiger partial charge is 0.481 e. The Hall–Kier alpha value is -1.10. The fraction of sp³-hybridized carbons (Fsp3) is 0.846. The van der Waals surface area contributed by atoms with E-state index in [1.807, 2.05) is 4.90 Å². The highest BCUT2D eigenvalue weighted by Gasteiger charge is 2.32. The van der Waals surface area contributed by atoms with Crippen LogP contribution in [0.1, 0.15) is 44.9 Å². The minimum Gasteiger partial charge on any atom is -0.481 e. The lowest BCUT2D eigenvalue weighted by molar-refractivity contribution is -0.140. The number of likely N-dealkylation sites (tertiary alicyclic amines) is 1. The van der Waals surface area contributed by atoms with Crippen LogP contribution in [0.2, 0.25) is 0 Å². The molecule has 2 saturated heterocycles. The number of carbonyl (C=O) groups is 2. The van der Waals surface area contributed by atoms with Gasteiger partial charge in [0.2, 0.25) is 5.91 Å². The number of hydrogen-bond donors (Lipinski definition) is 2. The second-order valence-corrected chi connectivity index (χ2v) is 5.26. The number of rotatable bonds is 4. The molecule has 2 aliphatic rings. The number of hydrogen-bond acceptors (Lipinski definition) is 3. The first-order valence-electron chi connectivity index (χ1n) is 6.94. The van der Waals surface area contributed by atoms with Crippen molar-refractivity contribution in [1.82, 2.24) is 10.2 Å². The molecule has 0 aromatic carbocycles. The third-order valence-electron chi connectivity index (χ3n) is 3.96. The van der Waals surface area contributed by atoms with E-state index in [2.05, 4.69) is 5.32 Å². The zero-order valence-electron chi connectivity index (χ0n) is 10.7. The third kappa shape index (κ3) is 3.22. The molecule has 2 heterocycles. The van der Waals surface area contributed by atoms with Gasteiger partial charge in [0.15, 0.2) is 0 Å². The summed E-state index contributed by atoms with van der Waals surface area (Å²) < 4.78 is 0. The Labute approximate surface area is 108 Å². The minimum absolute atomic E-state index is 0.0320. The standard InChI is InChI=1S/C13H22N2O3/c16-12(17)7-6-10-4-1-2-9-15(10)13(18)11-5-3-8-14-11/h10-11,14H,1-9H2,(H,16,17). The smallest absolute Gasteiger partial charge is 0.303 e. The summed E-state index contributed by atoms with van der Waals surface area (Å²) in [7, 11) is 0. The maximum absolute atomic E-state index is 12.4. The number of carboxylic acids is 1. The average molecular weight is 254 g/mol. The Balaban J connectivity index is 1.93. The summed E-state index contributed by atoms with van der Waals surface area (Å²) in [4.78, 5) is 25.0. The summed E-state index contributed by atoms with van der Waals surface area (Å²) in [6.07, 6.45) is 5.82. The molecule has 0 saturated carbocycles. The van der Waals surface area contributed by atoms with Crippen molar-refractivity contribution in [3.63, 3.8) is 0 Å². The van der Waals surface area contributed by atoms with Crippen molar-refractivity contribution in [2.75, 3.05) is 13.1 Å². The molecular weight excluding hydrogens is 232 g/mol. The maximum atomic E-state index is 12.4. The predicted octanol–water partition coefficient (Wildman–Crippen LogP) is 0.984. The van der Waals surface area contributed by atoms with Crippen molar-refractivity contribution in [2.24, 2.45) is 0 Å². The van der Waals surface area contributed by atoms with Crippen LogP contribution in [0.5, 0.6) is 0 Å². The molecule has 18 heavy (non-hydrogen) atoms. The molecule has 5 heteroatoms. The van der Waals surface area contributed by atoms with Gasteiger partial charge in [-0.2, -0.15) is 0 Å². The highest BCUT2D eigenvalue weighted by atomic mass is 16.4. The Kier molecular flexibility index (Phi) is 4.58. The van der Waals surface area contributed by atoms with Gasteiger partial charge in [-0.1, -0.05) is 0 Å². The third-order valence-corrected chi connectivity index (χ3v) is 3.96. The molecule has 0 radical (unpaired) electrons. The number of nitrogens with one attached hydrogen (secondary N) is 1. The van der Waals surface area contributed by atoms with E-state index < -0.39 is 5.97 Å². The highest BCUT2D eigenvalue weighted by Crippen LogP contribution is 2.23. The van der Waals surface area contributed by atoms with Gasteiger partial charge < -0.3 is 15.3 Å². The van der Waals surface area contributed by atoms with Crippen LogP contribution >= 0.6 is 0 Å². The lowest BCUT2D eigenvalue weighted by atomic mass is 9.97. The second kappa shape index (κ2) is 6.18. The first-order valence-corrected chi connectivity index (χ1v) is 6.94. The molecule has 2 fully saturated rings. The summed E-state index contributed by atoms with van der Waals surface area (Å²) in [5, 5.41) is 12.0. The zero-order valence-corrected chi connectivity index (χ0v) is 10.7. The van der Waals surface area contributed by atoms with E-state index >= 15 is 0 Å². The van der Waals surface area contributed by atoms with Crippen LogP contribution in [-0.4, -0.2) is 47.1 Å². The number of carboxylic acid groups (broad SMARTS) is 1. The lowest BCUT2D eigenvalue weighted by Gasteiger charge is -2.37. The fourth-order valence-electron chi connectivity index (χ4n) is 2.98. The van der Waals surface area contributed by atoms with Crippen LogP contribution in [-0.2, 0) is 9.59 Å². The Morgan fingerprint density at radius 2 is 2.06 bits per heavy atom. The fourth-order valence-corrected chi connectivity index (χ4v) is 2.98. The van der Waals surface area contributed by atoms with Crippen LogP contribution < -0.4 is 5.32 Å². The Bertz CT molecular complexity index is 313. The van der Waals surface area contributed by atoms with Gasteiger partial charge in [-0.3, -0.25) is 9.59 Å². The zero-order chi connectivity index (χ0) is 13.0. The van der Waals surface area contributed by atoms with Crippen LogP contribution in [0.25, 0.3) is 0 Å². The van der Waals surface area contributed by atoms with Gasteiger partial charge in [0, 0.05) is 19.0 Å². The Morgan fingerprint density at radius 3 is 2.72 bits per heavy atom. The molecule has 1 amide bonds. The number of aliphatic carboxylic acids is 1. The van der Waals surface area contributed by atoms with Crippen LogP contribution in [0, 0.1) is 0 Å². The van der Waals surface area contributed by atoms with Gasteiger partial charge in [-0.25, -0.2) is 0 Å². The molecular formula is C13H22N2O3. The molecule has 0 aromatic rings. The van der Waals surface area contributed by atoms with Gasteiger partial charge in [-0.05, 0) is 45.1 Å². The number of nitrogens with zero attached hydrogens (tertiary/aromatic N) is 1. The normalized spacial score (nSPS) is 28.3. The molecule has 2 atom stereocenters. The molecule has 2 N–H and O–H groups in total. The molecule has 0 aromatic heterocycles.